The van der Waals surface area contributed by atoms with Crippen LogP contribution in [0.2, 0.25) is 0 Å². The van der Waals surface area contributed by atoms with Crippen LogP contribution in [0.15, 0.2) is 59.1 Å². The lowest BCUT2D eigenvalue weighted by Gasteiger charge is -2.14. The zero-order chi connectivity index (χ0) is 23.4. The van der Waals surface area contributed by atoms with Gasteiger partial charge in [0, 0.05) is 4.47 Å². The third kappa shape index (κ3) is 5.24. The number of nitrogens with one attached hydrogen (secondary N) is 1. The van der Waals surface area contributed by atoms with E-state index >= 15 is 0 Å². The van der Waals surface area contributed by atoms with Gasteiger partial charge >= 0.3 is 0 Å². The first-order valence-corrected chi connectivity index (χ1v) is 11.2. The Bertz CT molecular complexity index is 1390. The number of imidazole rings is 1. The van der Waals surface area contributed by atoms with E-state index in [2.05, 4.69) is 38.0 Å². The predicted molar refractivity (Wildman–Crippen MR) is 130 cm³/mol. The summed E-state index contributed by atoms with van der Waals surface area (Å²) in [5, 5.41) is 9.75. The predicted octanol–water partition coefficient (Wildman–Crippen LogP) is 6.81. The van der Waals surface area contributed by atoms with Gasteiger partial charge in [0.05, 0.1) is 23.2 Å². The summed E-state index contributed by atoms with van der Waals surface area (Å²) in [6, 6.07) is 18.2. The molecule has 0 atom stereocenters. The summed E-state index contributed by atoms with van der Waals surface area (Å²) < 4.78 is 26.1. The van der Waals surface area contributed by atoms with Gasteiger partial charge in [0.1, 0.15) is 24.3 Å². The van der Waals surface area contributed by atoms with E-state index in [1.165, 1.54) is 17.7 Å². The quantitative estimate of drug-likeness (QED) is 0.280. The molecule has 4 aromatic rings. The molecular formula is C26H21BrFN3O2. The van der Waals surface area contributed by atoms with Crippen molar-refractivity contribution in [3.05, 3.63) is 87.4 Å². The number of halogens is 2. The van der Waals surface area contributed by atoms with Crippen molar-refractivity contribution in [1.29, 1.82) is 5.26 Å². The molecule has 0 unspecified atom stereocenters. The monoisotopic (exact) mass is 505 g/mol. The standard InChI is InChI=1S/C26H21BrFN3O2/c1-3-32-24-11-18(21(27)13-25(24)33-15-17-6-4-5-16(2)9-17)10-19(14-29)26-30-22-8-7-20(28)12-23(22)31-26/h4-13H,3,15H2,1-2H3,(H,30,31)/b19-10-. The maximum Gasteiger partial charge on any atom is 0.162 e. The normalized spacial score (nSPS) is 11.4. The molecule has 1 aromatic heterocycles. The number of aryl methyl sites for hydroxylation is 1. The van der Waals surface area contributed by atoms with Crippen LogP contribution in [-0.4, -0.2) is 16.6 Å². The second-order valence-corrected chi connectivity index (χ2v) is 8.30. The van der Waals surface area contributed by atoms with Gasteiger partial charge in [-0.3, -0.25) is 0 Å². The lowest BCUT2D eigenvalue weighted by atomic mass is 10.1. The van der Waals surface area contributed by atoms with Crippen molar-refractivity contribution in [3.63, 3.8) is 0 Å². The minimum atomic E-state index is -0.370. The van der Waals surface area contributed by atoms with Crippen LogP contribution < -0.4 is 9.47 Å². The van der Waals surface area contributed by atoms with Gasteiger partial charge in [0.2, 0.25) is 0 Å². The van der Waals surface area contributed by atoms with E-state index in [-0.39, 0.29) is 5.82 Å². The summed E-state index contributed by atoms with van der Waals surface area (Å²) in [4.78, 5) is 7.42. The third-order valence-corrected chi connectivity index (χ3v) is 5.65. The number of nitriles is 1. The number of rotatable bonds is 7. The number of aromatic amines is 1. The zero-order valence-electron chi connectivity index (χ0n) is 18.2. The summed E-state index contributed by atoms with van der Waals surface area (Å²) in [5.74, 6) is 1.16. The van der Waals surface area contributed by atoms with Crippen molar-refractivity contribution in [1.82, 2.24) is 9.97 Å². The molecule has 5 nitrogen and oxygen atoms in total. The summed E-state index contributed by atoms with van der Waals surface area (Å²) in [6.07, 6.45) is 1.70. The van der Waals surface area contributed by atoms with Gasteiger partial charge in [0.25, 0.3) is 0 Å². The Morgan fingerprint density at radius 2 is 1.97 bits per heavy atom. The molecule has 1 heterocycles. The first-order valence-electron chi connectivity index (χ1n) is 10.4. The minimum absolute atomic E-state index is 0.309. The molecule has 166 valence electrons. The topological polar surface area (TPSA) is 70.9 Å². The highest BCUT2D eigenvalue weighted by molar-refractivity contribution is 9.10. The molecular weight excluding hydrogens is 485 g/mol. The summed E-state index contributed by atoms with van der Waals surface area (Å²) >= 11 is 3.57. The van der Waals surface area contributed by atoms with Gasteiger partial charge in [-0.2, -0.15) is 5.26 Å². The van der Waals surface area contributed by atoms with Crippen LogP contribution in [-0.2, 0) is 6.61 Å². The molecule has 0 amide bonds. The number of benzene rings is 3. The van der Waals surface area contributed by atoms with Gasteiger partial charge in [-0.05, 0) is 61.4 Å². The Kier molecular flexibility index (Phi) is 6.76. The third-order valence-electron chi connectivity index (χ3n) is 4.96. The first-order chi connectivity index (χ1) is 16.0. The van der Waals surface area contributed by atoms with E-state index in [9.17, 15) is 9.65 Å². The second-order valence-electron chi connectivity index (χ2n) is 7.45. The van der Waals surface area contributed by atoms with Gasteiger partial charge < -0.3 is 14.5 Å². The lowest BCUT2D eigenvalue weighted by Crippen LogP contribution is -2.01. The van der Waals surface area contributed by atoms with Crippen LogP contribution in [0.25, 0.3) is 22.7 Å². The number of hydrogen-bond acceptors (Lipinski definition) is 4. The van der Waals surface area contributed by atoms with Crippen molar-refractivity contribution in [2.45, 2.75) is 20.5 Å². The molecule has 0 fully saturated rings. The molecule has 0 bridgehead atoms. The smallest absolute Gasteiger partial charge is 0.162 e. The fourth-order valence-corrected chi connectivity index (χ4v) is 3.86. The van der Waals surface area contributed by atoms with Crippen molar-refractivity contribution in [2.75, 3.05) is 6.61 Å². The van der Waals surface area contributed by atoms with E-state index < -0.39 is 0 Å². The maximum absolute atomic E-state index is 13.5. The van der Waals surface area contributed by atoms with Crippen LogP contribution in [0.3, 0.4) is 0 Å². The van der Waals surface area contributed by atoms with Gasteiger partial charge in [-0.25, -0.2) is 9.37 Å². The fraction of sp³-hybridized carbons (Fsp3) is 0.154. The van der Waals surface area contributed by atoms with Crippen molar-refractivity contribution >= 4 is 38.6 Å². The molecule has 0 saturated carbocycles. The average molecular weight is 506 g/mol. The Morgan fingerprint density at radius 3 is 2.73 bits per heavy atom. The number of aromatic nitrogens is 2. The molecule has 7 heteroatoms. The summed E-state index contributed by atoms with van der Waals surface area (Å²) in [7, 11) is 0. The molecule has 0 saturated heterocycles. The summed E-state index contributed by atoms with van der Waals surface area (Å²) in [5.41, 5.74) is 4.38. The highest BCUT2D eigenvalue weighted by atomic mass is 79.9. The van der Waals surface area contributed by atoms with Crippen LogP contribution in [0.4, 0.5) is 4.39 Å². The lowest BCUT2D eigenvalue weighted by molar-refractivity contribution is 0.269. The molecule has 33 heavy (non-hydrogen) atoms. The molecule has 4 rings (SSSR count). The van der Waals surface area contributed by atoms with Crippen molar-refractivity contribution < 1.29 is 13.9 Å². The maximum atomic E-state index is 13.5. The number of hydrogen-bond donors (Lipinski definition) is 1. The van der Waals surface area contributed by atoms with E-state index in [1.54, 1.807) is 12.1 Å². The summed E-state index contributed by atoms with van der Waals surface area (Å²) in [6.45, 7) is 4.81. The fourth-order valence-electron chi connectivity index (χ4n) is 3.42. The van der Waals surface area contributed by atoms with Crippen molar-refractivity contribution in [2.24, 2.45) is 0 Å². The van der Waals surface area contributed by atoms with Gasteiger partial charge in [-0.15, -0.1) is 0 Å². The van der Waals surface area contributed by atoms with Crippen LogP contribution in [0.1, 0.15) is 29.4 Å². The van der Waals surface area contributed by atoms with Gasteiger partial charge in [0.15, 0.2) is 11.5 Å². The molecule has 0 aliphatic carbocycles. The molecule has 3 aromatic carbocycles. The van der Waals surface area contributed by atoms with E-state index in [0.29, 0.717) is 47.1 Å². The number of H-pyrrole nitrogens is 1. The Balaban J connectivity index is 1.66. The second kappa shape index (κ2) is 9.88. The molecule has 0 spiro atoms. The Hall–Kier alpha value is -3.63. The minimum Gasteiger partial charge on any atom is -0.490 e. The van der Waals surface area contributed by atoms with E-state index in [4.69, 9.17) is 9.47 Å². The highest BCUT2D eigenvalue weighted by Crippen LogP contribution is 2.36. The Labute approximate surface area is 199 Å². The largest absolute Gasteiger partial charge is 0.490 e. The van der Waals surface area contributed by atoms with Gasteiger partial charge in [-0.1, -0.05) is 45.8 Å². The number of allylic oxidation sites excluding steroid dienone is 1. The number of nitrogens with zero attached hydrogens (tertiary/aromatic N) is 2. The molecule has 0 aliphatic heterocycles. The Morgan fingerprint density at radius 1 is 1.15 bits per heavy atom. The molecule has 0 aliphatic rings. The van der Waals surface area contributed by atoms with Crippen molar-refractivity contribution in [3.8, 4) is 17.6 Å². The number of fused-ring (bicyclic) bond motifs is 1. The zero-order valence-corrected chi connectivity index (χ0v) is 19.7. The average Bonchev–Trinajstić information content (AvgIpc) is 3.21. The van der Waals surface area contributed by atoms with Crippen LogP contribution in [0, 0.1) is 24.1 Å². The van der Waals surface area contributed by atoms with Crippen LogP contribution in [0.5, 0.6) is 11.5 Å². The molecule has 1 N–H and O–H groups in total. The first kappa shape index (κ1) is 22.6. The molecule has 0 radical (unpaired) electrons. The van der Waals surface area contributed by atoms with Crippen LogP contribution >= 0.6 is 15.9 Å². The van der Waals surface area contributed by atoms with E-state index in [1.807, 2.05) is 44.2 Å². The number of ether oxygens (including phenoxy) is 2. The SMILES string of the molecule is CCOc1cc(/C=C(/C#N)c2nc3ccc(F)cc3[nH]2)c(Br)cc1OCc1cccc(C)c1. The highest BCUT2D eigenvalue weighted by Gasteiger charge is 2.14. The van der Waals surface area contributed by atoms with E-state index in [0.717, 1.165) is 15.6 Å².